The lowest BCUT2D eigenvalue weighted by molar-refractivity contribution is -0.188. The van der Waals surface area contributed by atoms with E-state index in [0.717, 1.165) is 12.8 Å². The lowest BCUT2D eigenvalue weighted by Crippen LogP contribution is -2.22. The zero-order valence-electron chi connectivity index (χ0n) is 8.92. The van der Waals surface area contributed by atoms with Crippen LogP contribution in [-0.4, -0.2) is 6.10 Å². The Morgan fingerprint density at radius 1 is 1.50 bits per heavy atom. The van der Waals surface area contributed by atoms with Gasteiger partial charge < -0.3 is 0 Å². The first kappa shape index (κ1) is 11.7. The summed E-state index contributed by atoms with van der Waals surface area (Å²) < 4.78 is 12.0. The quantitative estimate of drug-likeness (QED) is 0.687. The van der Waals surface area contributed by atoms with Crippen LogP contribution in [0.2, 0.25) is 0 Å². The molecule has 1 aromatic heterocycles. The van der Waals surface area contributed by atoms with Crippen molar-refractivity contribution in [3.63, 3.8) is 0 Å². The van der Waals surface area contributed by atoms with Crippen molar-refractivity contribution in [1.82, 2.24) is 0 Å². The smallest absolute Gasteiger partial charge is 0.106 e. The summed E-state index contributed by atoms with van der Waals surface area (Å²) in [6, 6.07) is 2.13. The Morgan fingerprint density at radius 2 is 2.21 bits per heavy atom. The fourth-order valence-electron chi connectivity index (χ4n) is 1.79. The van der Waals surface area contributed by atoms with Gasteiger partial charge in [0, 0.05) is 10.8 Å². The predicted molar refractivity (Wildman–Crippen MR) is 58.4 cm³/mol. The first-order valence-electron chi connectivity index (χ1n) is 5.16. The van der Waals surface area contributed by atoms with E-state index < -0.39 is 0 Å². The van der Waals surface area contributed by atoms with Crippen molar-refractivity contribution < 1.29 is 9.47 Å². The summed E-state index contributed by atoms with van der Waals surface area (Å²) in [7, 11) is 0. The number of thiophene rings is 1. The summed E-state index contributed by atoms with van der Waals surface area (Å²) in [5.41, 5.74) is 1.38. The molecule has 1 heterocycles. The third-order valence-electron chi connectivity index (χ3n) is 2.56. The Morgan fingerprint density at radius 3 is 2.86 bits per heavy atom. The molecule has 80 valence electrons. The number of aryl methyl sites for hydroxylation is 1. The van der Waals surface area contributed by atoms with Crippen molar-refractivity contribution in [2.75, 3.05) is 0 Å². The van der Waals surface area contributed by atoms with Crippen LogP contribution in [-0.2, 0) is 11.4 Å². The Kier molecular flexibility index (Phi) is 4.55. The number of hydrogen-bond acceptors (Lipinski definition) is 2. The molecule has 1 aromatic rings. The number of rotatable bonds is 1. The molecule has 0 bridgehead atoms. The fourth-order valence-corrected chi connectivity index (χ4v) is 2.86. The minimum absolute atomic E-state index is 0.221. The van der Waals surface area contributed by atoms with Gasteiger partial charge in [-0.1, -0.05) is 20.8 Å². The minimum atomic E-state index is -0.226. The molecule has 1 aliphatic carbocycles. The van der Waals surface area contributed by atoms with Gasteiger partial charge in [0.25, 0.3) is 0 Å². The Balaban J connectivity index is 0.000000461. The summed E-state index contributed by atoms with van der Waals surface area (Å²) >= 11 is 1.71. The second kappa shape index (κ2) is 5.47. The number of halogens is 1. The van der Waals surface area contributed by atoms with E-state index in [-0.39, 0.29) is 12.0 Å². The standard InChI is InChI=1S/C9H11FOS.C2H6/c1-6-8(11-10)3-2-7-4-5-12-9(6)7;1-2/h4-6,8H,2-3H2,1H3;1-2H3. The van der Waals surface area contributed by atoms with Crippen LogP contribution in [0.4, 0.5) is 4.53 Å². The maximum absolute atomic E-state index is 12.0. The largest absolute Gasteiger partial charge is 0.190 e. The predicted octanol–water partition coefficient (Wildman–Crippen LogP) is 4.09. The molecule has 0 spiro atoms. The molecule has 0 N–H and O–H groups in total. The third-order valence-corrected chi connectivity index (χ3v) is 3.72. The van der Waals surface area contributed by atoms with Crippen LogP contribution < -0.4 is 0 Å². The summed E-state index contributed by atoms with van der Waals surface area (Å²) in [4.78, 5) is 5.23. The van der Waals surface area contributed by atoms with Gasteiger partial charge in [0.2, 0.25) is 0 Å². The van der Waals surface area contributed by atoms with E-state index in [2.05, 4.69) is 16.4 Å². The van der Waals surface area contributed by atoms with Gasteiger partial charge in [-0.05, 0) is 34.4 Å². The third kappa shape index (κ3) is 2.15. The maximum Gasteiger partial charge on any atom is 0.106 e. The SMILES string of the molecule is CC.CC1c2sccc2CCC1OF. The highest BCUT2D eigenvalue weighted by Gasteiger charge is 2.28. The highest BCUT2D eigenvalue weighted by atomic mass is 32.1. The molecule has 2 unspecified atom stereocenters. The zero-order chi connectivity index (χ0) is 10.6. The van der Waals surface area contributed by atoms with Gasteiger partial charge in [-0.15, -0.1) is 11.3 Å². The van der Waals surface area contributed by atoms with E-state index in [9.17, 15) is 4.53 Å². The molecule has 2 atom stereocenters. The van der Waals surface area contributed by atoms with Crippen LogP contribution in [0.25, 0.3) is 0 Å². The van der Waals surface area contributed by atoms with E-state index in [0.29, 0.717) is 0 Å². The molecule has 0 aliphatic heterocycles. The first-order chi connectivity index (χ1) is 6.83. The molecule has 1 nitrogen and oxygen atoms in total. The molecule has 3 heteroatoms. The molecule has 1 aliphatic rings. The Hall–Kier alpha value is -0.410. The van der Waals surface area contributed by atoms with Gasteiger partial charge in [0.05, 0.1) is 0 Å². The van der Waals surface area contributed by atoms with E-state index in [1.165, 1.54) is 10.4 Å². The van der Waals surface area contributed by atoms with E-state index in [1.807, 2.05) is 20.8 Å². The van der Waals surface area contributed by atoms with Crippen LogP contribution >= 0.6 is 11.3 Å². The van der Waals surface area contributed by atoms with Crippen LogP contribution in [0.15, 0.2) is 11.4 Å². The Bertz CT molecular complexity index is 272. The topological polar surface area (TPSA) is 9.23 Å². The van der Waals surface area contributed by atoms with Crippen molar-refractivity contribution in [1.29, 1.82) is 0 Å². The average Bonchev–Trinajstić information content (AvgIpc) is 2.70. The number of fused-ring (bicyclic) bond motifs is 1. The fraction of sp³-hybridized carbons (Fsp3) is 0.636. The molecule has 0 aromatic carbocycles. The average molecular weight is 216 g/mol. The van der Waals surface area contributed by atoms with Gasteiger partial charge in [-0.25, -0.2) is 0 Å². The molecular formula is C11H17FOS. The first-order valence-corrected chi connectivity index (χ1v) is 6.04. The van der Waals surface area contributed by atoms with E-state index >= 15 is 0 Å². The maximum atomic E-state index is 12.0. The summed E-state index contributed by atoms with van der Waals surface area (Å²) in [5.74, 6) is 0.221. The molecule has 0 fully saturated rings. The van der Waals surface area contributed by atoms with Crippen molar-refractivity contribution in [3.8, 4) is 0 Å². The molecule has 0 radical (unpaired) electrons. The van der Waals surface area contributed by atoms with E-state index in [4.69, 9.17) is 0 Å². The van der Waals surface area contributed by atoms with Crippen molar-refractivity contribution >= 4 is 11.3 Å². The van der Waals surface area contributed by atoms with Crippen molar-refractivity contribution in [2.24, 2.45) is 0 Å². The van der Waals surface area contributed by atoms with Crippen LogP contribution in [0.1, 0.15) is 43.6 Å². The summed E-state index contributed by atoms with van der Waals surface area (Å²) in [6.07, 6.45) is 1.54. The second-order valence-corrected chi connectivity index (χ2v) is 4.21. The number of hydrogen-bond donors (Lipinski definition) is 0. The minimum Gasteiger partial charge on any atom is -0.190 e. The van der Waals surface area contributed by atoms with Crippen molar-refractivity contribution in [2.45, 2.75) is 45.6 Å². The normalized spacial score (nSPS) is 24.9. The monoisotopic (exact) mass is 216 g/mol. The molecular weight excluding hydrogens is 199 g/mol. The molecule has 0 amide bonds. The van der Waals surface area contributed by atoms with Gasteiger partial charge in [-0.2, -0.15) is 4.94 Å². The van der Waals surface area contributed by atoms with Gasteiger partial charge in [0.15, 0.2) is 0 Å². The summed E-state index contributed by atoms with van der Waals surface area (Å²) in [5, 5.41) is 2.07. The lowest BCUT2D eigenvalue weighted by atomic mass is 9.88. The Labute approximate surface area is 88.8 Å². The van der Waals surface area contributed by atoms with Crippen LogP contribution in [0.5, 0.6) is 0 Å². The van der Waals surface area contributed by atoms with Crippen LogP contribution in [0.3, 0.4) is 0 Å². The molecule has 0 saturated carbocycles. The van der Waals surface area contributed by atoms with Gasteiger partial charge >= 0.3 is 0 Å². The van der Waals surface area contributed by atoms with E-state index in [1.54, 1.807) is 11.3 Å². The highest BCUT2D eigenvalue weighted by Crippen LogP contribution is 2.36. The lowest BCUT2D eigenvalue weighted by Gasteiger charge is -2.24. The van der Waals surface area contributed by atoms with Gasteiger partial charge in [0.1, 0.15) is 6.10 Å². The second-order valence-electron chi connectivity index (χ2n) is 3.26. The van der Waals surface area contributed by atoms with Crippen LogP contribution in [0, 0.1) is 0 Å². The molecule has 14 heavy (non-hydrogen) atoms. The highest BCUT2D eigenvalue weighted by molar-refractivity contribution is 7.10. The zero-order valence-corrected chi connectivity index (χ0v) is 9.73. The van der Waals surface area contributed by atoms with Gasteiger partial charge in [-0.3, -0.25) is 0 Å². The molecule has 2 rings (SSSR count). The summed E-state index contributed by atoms with van der Waals surface area (Å²) in [6.45, 7) is 6.03. The van der Waals surface area contributed by atoms with Crippen molar-refractivity contribution in [3.05, 3.63) is 21.9 Å². The molecule has 0 saturated heterocycles.